The second-order valence-corrected chi connectivity index (χ2v) is 10.4. The van der Waals surface area contributed by atoms with Crippen molar-refractivity contribution in [1.82, 2.24) is 9.55 Å². The van der Waals surface area contributed by atoms with Gasteiger partial charge < -0.3 is 18.9 Å². The number of carbonyl (C=O) groups is 1. The van der Waals surface area contributed by atoms with Crippen molar-refractivity contribution in [3.05, 3.63) is 88.0 Å². The molecule has 42 heavy (non-hydrogen) atoms. The molecule has 1 atom stereocenters. The first kappa shape index (κ1) is 30.6. The molecule has 0 aliphatic rings. The quantitative estimate of drug-likeness (QED) is 0.127. The van der Waals surface area contributed by atoms with Crippen molar-refractivity contribution < 1.29 is 23.7 Å². The highest BCUT2D eigenvalue weighted by Gasteiger charge is 2.15. The molecule has 8 nitrogen and oxygen atoms in total. The topological polar surface area (TPSA) is 88.9 Å². The zero-order valence-electron chi connectivity index (χ0n) is 25.1. The molecule has 1 unspecified atom stereocenters. The largest absolute Gasteiger partial charge is 0.494 e. The lowest BCUT2D eigenvalue weighted by atomic mass is 9.97. The van der Waals surface area contributed by atoms with Crippen LogP contribution in [0, 0.1) is 5.92 Å². The van der Waals surface area contributed by atoms with Gasteiger partial charge in [0.2, 0.25) is 0 Å². The average molecular weight is 573 g/mol. The predicted octanol–water partition coefficient (Wildman–Crippen LogP) is 6.46. The van der Waals surface area contributed by atoms with Gasteiger partial charge >= 0.3 is 5.97 Å². The van der Waals surface area contributed by atoms with Crippen LogP contribution in [0.3, 0.4) is 0 Å². The summed E-state index contributed by atoms with van der Waals surface area (Å²) >= 11 is 0. The number of aryl methyl sites for hydroxylation is 1. The summed E-state index contributed by atoms with van der Waals surface area (Å²) in [6.07, 6.45) is 5.24. The highest BCUT2D eigenvalue weighted by molar-refractivity contribution is 5.82. The molecule has 8 heteroatoms. The molecule has 0 bridgehead atoms. The number of hydrogen-bond donors (Lipinski definition) is 0. The number of nitrogens with zero attached hydrogens (tertiary/aromatic N) is 2. The van der Waals surface area contributed by atoms with Gasteiger partial charge in [0, 0.05) is 12.5 Å². The first-order valence-corrected chi connectivity index (χ1v) is 14.5. The van der Waals surface area contributed by atoms with Crippen LogP contribution in [0.4, 0.5) is 0 Å². The van der Waals surface area contributed by atoms with Crippen LogP contribution in [0.1, 0.15) is 56.7 Å². The van der Waals surface area contributed by atoms with Gasteiger partial charge in [-0.3, -0.25) is 14.2 Å². The van der Waals surface area contributed by atoms with Crippen molar-refractivity contribution in [3.8, 4) is 22.9 Å². The van der Waals surface area contributed by atoms with Crippen LogP contribution in [0.2, 0.25) is 0 Å². The number of para-hydroxylation sites is 1. The van der Waals surface area contributed by atoms with Crippen molar-refractivity contribution >= 4 is 16.9 Å². The van der Waals surface area contributed by atoms with Gasteiger partial charge in [0.15, 0.2) is 11.5 Å². The van der Waals surface area contributed by atoms with Gasteiger partial charge in [-0.15, -0.1) is 0 Å². The van der Waals surface area contributed by atoms with Crippen LogP contribution in [0.15, 0.2) is 65.7 Å². The van der Waals surface area contributed by atoms with Gasteiger partial charge in [-0.25, -0.2) is 4.98 Å². The first-order valence-electron chi connectivity index (χ1n) is 14.5. The average Bonchev–Trinajstić information content (AvgIpc) is 3.01. The summed E-state index contributed by atoms with van der Waals surface area (Å²) in [5.74, 6) is 1.96. The zero-order valence-corrected chi connectivity index (χ0v) is 25.1. The molecule has 0 spiro atoms. The molecule has 0 fully saturated rings. The fraction of sp³-hybridized carbons (Fsp3) is 0.382. The third-order valence-electron chi connectivity index (χ3n) is 7.40. The number of carbonyl (C=O) groups excluding carboxylic acids is 1. The van der Waals surface area contributed by atoms with Crippen molar-refractivity contribution in [2.75, 3.05) is 20.8 Å². The first-order chi connectivity index (χ1) is 20.4. The maximum absolute atomic E-state index is 13.5. The summed E-state index contributed by atoms with van der Waals surface area (Å²) in [5.41, 5.74) is 4.35. The van der Waals surface area contributed by atoms with E-state index in [9.17, 15) is 9.59 Å². The Morgan fingerprint density at radius 1 is 0.976 bits per heavy atom. The Morgan fingerprint density at radius 2 is 1.76 bits per heavy atom. The second-order valence-electron chi connectivity index (χ2n) is 10.4. The molecular weight excluding hydrogens is 532 g/mol. The molecule has 0 amide bonds. The van der Waals surface area contributed by atoms with Crippen LogP contribution >= 0.6 is 0 Å². The molecule has 4 aromatic rings. The Hall–Kier alpha value is -4.33. The molecule has 3 aromatic carbocycles. The molecule has 0 aliphatic heterocycles. The molecule has 0 aliphatic carbocycles. The normalized spacial score (nSPS) is 11.7. The minimum absolute atomic E-state index is 0.169. The molecule has 0 saturated carbocycles. The molecule has 4 rings (SSSR count). The van der Waals surface area contributed by atoms with Gasteiger partial charge in [0.1, 0.15) is 18.7 Å². The van der Waals surface area contributed by atoms with Gasteiger partial charge in [-0.05, 0) is 66.1 Å². The fourth-order valence-electron chi connectivity index (χ4n) is 4.85. The summed E-state index contributed by atoms with van der Waals surface area (Å²) in [7, 11) is 2.94. The summed E-state index contributed by atoms with van der Waals surface area (Å²) in [6, 6.07) is 17.4. The number of esters is 1. The minimum atomic E-state index is -0.248. The SMILES string of the molecule is CCc1ccccc1-n1cnc2cc(OCc3cc(CC(C)CC)cc(OCCCC(=O)OC)c3)c(OC)cc2c1=O. The molecule has 0 N–H and O–H groups in total. The van der Waals surface area contributed by atoms with Gasteiger partial charge in [-0.1, -0.05) is 51.5 Å². The Bertz CT molecular complexity index is 1580. The van der Waals surface area contributed by atoms with E-state index in [1.165, 1.54) is 7.11 Å². The third kappa shape index (κ3) is 7.49. The zero-order chi connectivity index (χ0) is 30.1. The number of methoxy groups -OCH3 is 2. The molecule has 0 radical (unpaired) electrons. The molecule has 0 saturated heterocycles. The van der Waals surface area contributed by atoms with Crippen molar-refractivity contribution in [2.24, 2.45) is 5.92 Å². The van der Waals surface area contributed by atoms with E-state index in [4.69, 9.17) is 18.9 Å². The summed E-state index contributed by atoms with van der Waals surface area (Å²) < 4.78 is 24.2. The van der Waals surface area contributed by atoms with Gasteiger partial charge in [0.05, 0.1) is 37.4 Å². The van der Waals surface area contributed by atoms with Gasteiger partial charge in [-0.2, -0.15) is 0 Å². The van der Waals surface area contributed by atoms with Crippen molar-refractivity contribution in [1.29, 1.82) is 0 Å². The number of aromatic nitrogens is 2. The monoisotopic (exact) mass is 572 g/mol. The standard InChI is InChI=1S/C34H40N2O6/c1-6-23(3)15-24-16-25(18-27(17-24)41-14-10-13-33(37)40-5)21-42-32-20-29-28(19-31(32)39-4)34(38)36(22-35-29)30-12-9-8-11-26(30)7-2/h8-9,11-12,16-20,22-23H,6-7,10,13-15,21H2,1-5H3. The highest BCUT2D eigenvalue weighted by Crippen LogP contribution is 2.32. The number of fused-ring (bicyclic) bond motifs is 1. The third-order valence-corrected chi connectivity index (χ3v) is 7.40. The van der Waals surface area contributed by atoms with E-state index in [2.05, 4.69) is 37.9 Å². The lowest BCUT2D eigenvalue weighted by Crippen LogP contribution is -2.20. The second kappa shape index (κ2) is 14.5. The fourth-order valence-corrected chi connectivity index (χ4v) is 4.85. The van der Waals surface area contributed by atoms with Crippen LogP contribution in [0.5, 0.6) is 17.2 Å². The summed E-state index contributed by atoms with van der Waals surface area (Å²) in [4.78, 5) is 29.5. The molecular formula is C34H40N2O6. The minimum Gasteiger partial charge on any atom is -0.494 e. The number of benzene rings is 3. The number of ether oxygens (including phenoxy) is 4. The summed E-state index contributed by atoms with van der Waals surface area (Å²) in [5, 5.41) is 0.450. The van der Waals surface area contributed by atoms with E-state index >= 15 is 0 Å². The lowest BCUT2D eigenvalue weighted by molar-refractivity contribution is -0.140. The van der Waals surface area contributed by atoms with Crippen LogP contribution < -0.4 is 19.8 Å². The van der Waals surface area contributed by atoms with Crippen LogP contribution in [-0.4, -0.2) is 36.3 Å². The predicted molar refractivity (Wildman–Crippen MR) is 164 cm³/mol. The Balaban J connectivity index is 1.58. The van der Waals surface area contributed by atoms with Crippen LogP contribution in [0.25, 0.3) is 16.6 Å². The van der Waals surface area contributed by atoms with Crippen molar-refractivity contribution in [2.45, 2.75) is 59.5 Å². The molecule has 1 aromatic heterocycles. The Kier molecular flexibility index (Phi) is 10.6. The van der Waals surface area contributed by atoms with E-state index in [1.807, 2.05) is 30.3 Å². The van der Waals surface area contributed by atoms with E-state index in [0.717, 1.165) is 47.4 Å². The highest BCUT2D eigenvalue weighted by atomic mass is 16.5. The Labute approximate surface area is 247 Å². The lowest BCUT2D eigenvalue weighted by Gasteiger charge is -2.16. The number of hydrogen-bond acceptors (Lipinski definition) is 7. The Morgan fingerprint density at radius 3 is 2.50 bits per heavy atom. The maximum atomic E-state index is 13.5. The van der Waals surface area contributed by atoms with Crippen LogP contribution in [-0.2, 0) is 29.0 Å². The van der Waals surface area contributed by atoms with Crippen molar-refractivity contribution in [3.63, 3.8) is 0 Å². The number of rotatable bonds is 14. The molecule has 1 heterocycles. The van der Waals surface area contributed by atoms with E-state index in [0.29, 0.717) is 47.8 Å². The van der Waals surface area contributed by atoms with Gasteiger partial charge in [0.25, 0.3) is 5.56 Å². The maximum Gasteiger partial charge on any atom is 0.305 e. The van der Waals surface area contributed by atoms with E-state index in [-0.39, 0.29) is 18.1 Å². The summed E-state index contributed by atoms with van der Waals surface area (Å²) in [6.45, 7) is 7.15. The van der Waals surface area contributed by atoms with E-state index < -0.39 is 0 Å². The molecule has 222 valence electrons. The van der Waals surface area contributed by atoms with E-state index in [1.54, 1.807) is 30.1 Å². The smallest absolute Gasteiger partial charge is 0.305 e.